The highest BCUT2D eigenvalue weighted by molar-refractivity contribution is 9.10. The molecule has 0 spiro atoms. The number of aromatic nitrogens is 1. The summed E-state index contributed by atoms with van der Waals surface area (Å²) in [5.41, 5.74) is 6.55. The minimum Gasteiger partial charge on any atom is -0.467 e. The zero-order valence-corrected chi connectivity index (χ0v) is 23.6. The van der Waals surface area contributed by atoms with Gasteiger partial charge in [0.2, 0.25) is 0 Å². The van der Waals surface area contributed by atoms with Crippen molar-refractivity contribution in [2.24, 2.45) is 4.99 Å². The number of para-hydroxylation sites is 1. The molecule has 0 saturated carbocycles. The van der Waals surface area contributed by atoms with Crippen molar-refractivity contribution in [3.05, 3.63) is 110 Å². The predicted octanol–water partition coefficient (Wildman–Crippen LogP) is 7.97. The first-order valence-corrected chi connectivity index (χ1v) is 14.5. The fourth-order valence-electron chi connectivity index (χ4n) is 5.27. The summed E-state index contributed by atoms with van der Waals surface area (Å²) in [5.74, 6) is 0.657. The zero-order chi connectivity index (χ0) is 26.1. The number of nitrogens with zero attached hydrogens (tertiary/aromatic N) is 2. The summed E-state index contributed by atoms with van der Waals surface area (Å²) >= 11 is 5.19. The molecule has 0 unspecified atom stereocenters. The molecule has 5 aromatic rings. The predicted molar refractivity (Wildman–Crippen MR) is 158 cm³/mol. The van der Waals surface area contributed by atoms with Crippen molar-refractivity contribution in [1.82, 2.24) is 9.88 Å². The van der Waals surface area contributed by atoms with Crippen LogP contribution in [0.5, 0.6) is 0 Å². The normalized spacial score (nSPS) is 13.3. The smallest absolute Gasteiger partial charge is 0.255 e. The number of hydrogen-bond donors (Lipinski definition) is 1. The summed E-state index contributed by atoms with van der Waals surface area (Å²) in [5, 5.41) is 5.00. The van der Waals surface area contributed by atoms with Crippen LogP contribution in [0.15, 0.2) is 80.8 Å². The topological polar surface area (TPSA) is 59.5 Å². The van der Waals surface area contributed by atoms with E-state index in [1.165, 1.54) is 21.5 Å². The Bertz CT molecular complexity index is 1630. The van der Waals surface area contributed by atoms with Crippen molar-refractivity contribution >= 4 is 55.3 Å². The van der Waals surface area contributed by atoms with Crippen LogP contribution in [0.3, 0.4) is 0 Å². The molecular weight excluding hydrogens is 558 g/mol. The molecule has 0 saturated heterocycles. The number of aliphatic imine (C=N–C) groups is 1. The lowest BCUT2D eigenvalue weighted by Gasteiger charge is -2.12. The van der Waals surface area contributed by atoms with E-state index < -0.39 is 0 Å². The summed E-state index contributed by atoms with van der Waals surface area (Å²) in [6.07, 6.45) is 7.78. The molecule has 3 aromatic heterocycles. The number of amides is 1. The number of carbonyl (C=O) groups is 1. The Morgan fingerprint density at radius 2 is 1.92 bits per heavy atom. The second-order valence-corrected chi connectivity index (χ2v) is 11.6. The number of carbonyl (C=O) groups excluding carboxylic acids is 1. The SMILES string of the molecule is Cc1c(C=Nc2sc3c(c2C(=O)NCc2ccco2)CCCC3)c2ccccc2n1Cc1ccc(Br)cc1. The van der Waals surface area contributed by atoms with Gasteiger partial charge in [-0.2, -0.15) is 0 Å². The number of furan rings is 1. The van der Waals surface area contributed by atoms with Crippen LogP contribution < -0.4 is 5.32 Å². The second-order valence-electron chi connectivity index (χ2n) is 9.64. The molecule has 5 nitrogen and oxygen atoms in total. The quantitative estimate of drug-likeness (QED) is 0.197. The van der Waals surface area contributed by atoms with Gasteiger partial charge in [0.15, 0.2) is 0 Å². The molecule has 0 aliphatic heterocycles. The highest BCUT2D eigenvalue weighted by Gasteiger charge is 2.25. The summed E-state index contributed by atoms with van der Waals surface area (Å²) in [7, 11) is 0. The van der Waals surface area contributed by atoms with Gasteiger partial charge in [-0.1, -0.05) is 46.3 Å². The van der Waals surface area contributed by atoms with Crippen molar-refractivity contribution in [2.75, 3.05) is 0 Å². The lowest BCUT2D eigenvalue weighted by molar-refractivity contribution is 0.0948. The van der Waals surface area contributed by atoms with Crippen molar-refractivity contribution in [3.63, 3.8) is 0 Å². The Labute approximate surface area is 234 Å². The lowest BCUT2D eigenvalue weighted by atomic mass is 9.95. The first-order valence-electron chi connectivity index (χ1n) is 12.9. The first-order chi connectivity index (χ1) is 18.6. The van der Waals surface area contributed by atoms with E-state index in [1.54, 1.807) is 17.6 Å². The van der Waals surface area contributed by atoms with Crippen molar-refractivity contribution in [3.8, 4) is 0 Å². The number of nitrogens with one attached hydrogen (secondary N) is 1. The van der Waals surface area contributed by atoms with Crippen LogP contribution >= 0.6 is 27.3 Å². The molecular formula is C31H28BrN3O2S. The van der Waals surface area contributed by atoms with Gasteiger partial charge in [-0.25, -0.2) is 4.99 Å². The number of hydrogen-bond acceptors (Lipinski definition) is 4. The third-order valence-electron chi connectivity index (χ3n) is 7.23. The second kappa shape index (κ2) is 10.8. The van der Waals surface area contributed by atoms with Gasteiger partial charge in [0.05, 0.1) is 18.4 Å². The Kier molecular flexibility index (Phi) is 7.04. The molecule has 1 amide bonds. The molecule has 0 bridgehead atoms. The Balaban J connectivity index is 1.36. The van der Waals surface area contributed by atoms with E-state index in [4.69, 9.17) is 9.41 Å². The van der Waals surface area contributed by atoms with Crippen LogP contribution in [0, 0.1) is 6.92 Å². The van der Waals surface area contributed by atoms with E-state index in [0.717, 1.165) is 69.7 Å². The largest absolute Gasteiger partial charge is 0.467 e. The Morgan fingerprint density at radius 1 is 1.11 bits per heavy atom. The number of benzene rings is 2. The van der Waals surface area contributed by atoms with Gasteiger partial charge in [0.1, 0.15) is 10.8 Å². The maximum Gasteiger partial charge on any atom is 0.255 e. The highest BCUT2D eigenvalue weighted by Crippen LogP contribution is 2.40. The summed E-state index contributed by atoms with van der Waals surface area (Å²) in [6.45, 7) is 3.29. The molecule has 3 heterocycles. The fraction of sp³-hybridized carbons (Fsp3) is 0.226. The number of halogens is 1. The van der Waals surface area contributed by atoms with Gasteiger partial charge in [0.25, 0.3) is 5.91 Å². The van der Waals surface area contributed by atoms with E-state index in [1.807, 2.05) is 18.3 Å². The van der Waals surface area contributed by atoms with E-state index in [2.05, 4.69) is 81.3 Å². The molecule has 2 aromatic carbocycles. The monoisotopic (exact) mass is 585 g/mol. The van der Waals surface area contributed by atoms with Crippen LogP contribution in [-0.4, -0.2) is 16.7 Å². The number of aryl methyl sites for hydroxylation is 1. The average molecular weight is 587 g/mol. The molecule has 0 atom stereocenters. The maximum absolute atomic E-state index is 13.4. The van der Waals surface area contributed by atoms with Crippen LogP contribution in [0.4, 0.5) is 5.00 Å². The van der Waals surface area contributed by atoms with E-state index in [-0.39, 0.29) is 5.91 Å². The third-order valence-corrected chi connectivity index (χ3v) is 8.96. The number of thiophene rings is 1. The maximum atomic E-state index is 13.4. The molecule has 6 rings (SSSR count). The van der Waals surface area contributed by atoms with Gasteiger partial charge < -0.3 is 14.3 Å². The van der Waals surface area contributed by atoms with E-state index in [9.17, 15) is 4.79 Å². The molecule has 38 heavy (non-hydrogen) atoms. The summed E-state index contributed by atoms with van der Waals surface area (Å²) in [4.78, 5) is 19.7. The molecule has 1 aliphatic carbocycles. The first kappa shape index (κ1) is 24.9. The van der Waals surface area contributed by atoms with Crippen LogP contribution in [-0.2, 0) is 25.9 Å². The van der Waals surface area contributed by atoms with Gasteiger partial charge in [-0.15, -0.1) is 11.3 Å². The van der Waals surface area contributed by atoms with E-state index in [0.29, 0.717) is 6.54 Å². The minimum absolute atomic E-state index is 0.0812. The number of rotatable bonds is 7. The van der Waals surface area contributed by atoms with Gasteiger partial charge in [-0.3, -0.25) is 4.79 Å². The minimum atomic E-state index is -0.0812. The van der Waals surface area contributed by atoms with Crippen LogP contribution in [0.25, 0.3) is 10.9 Å². The Hall–Kier alpha value is -3.42. The van der Waals surface area contributed by atoms with Crippen LogP contribution in [0.2, 0.25) is 0 Å². The summed E-state index contributed by atoms with van der Waals surface area (Å²) < 4.78 is 8.83. The van der Waals surface area contributed by atoms with Gasteiger partial charge >= 0.3 is 0 Å². The number of fused-ring (bicyclic) bond motifs is 2. The molecule has 0 fully saturated rings. The molecule has 7 heteroatoms. The molecule has 1 N–H and O–H groups in total. The van der Waals surface area contributed by atoms with Crippen LogP contribution in [0.1, 0.15) is 56.2 Å². The average Bonchev–Trinajstić information content (AvgIpc) is 3.65. The molecule has 192 valence electrons. The Morgan fingerprint density at radius 3 is 2.74 bits per heavy atom. The van der Waals surface area contributed by atoms with Gasteiger partial charge in [-0.05, 0) is 74.1 Å². The van der Waals surface area contributed by atoms with Crippen molar-refractivity contribution in [1.29, 1.82) is 0 Å². The molecule has 0 radical (unpaired) electrons. The summed E-state index contributed by atoms with van der Waals surface area (Å²) in [6, 6.07) is 20.6. The molecule has 1 aliphatic rings. The van der Waals surface area contributed by atoms with Crippen molar-refractivity contribution in [2.45, 2.75) is 45.7 Å². The zero-order valence-electron chi connectivity index (χ0n) is 21.2. The highest BCUT2D eigenvalue weighted by atomic mass is 79.9. The third kappa shape index (κ3) is 4.88. The lowest BCUT2D eigenvalue weighted by Crippen LogP contribution is -2.23. The standard InChI is InChI=1S/C31H28BrN3O2S/c1-20-26(24-8-2-4-10-27(24)35(20)19-21-12-14-22(32)15-13-21)18-34-31-29(25-9-3-5-11-28(25)38-31)30(36)33-17-23-7-6-16-37-23/h2,4,6-8,10,12-16,18H,3,5,9,11,17,19H2,1H3,(H,33,36). The van der Waals surface area contributed by atoms with E-state index >= 15 is 0 Å². The fourth-order valence-corrected chi connectivity index (χ4v) is 6.76. The van der Waals surface area contributed by atoms with Gasteiger partial charge in [0, 0.05) is 44.3 Å². The van der Waals surface area contributed by atoms with Crippen molar-refractivity contribution < 1.29 is 9.21 Å².